The van der Waals surface area contributed by atoms with Gasteiger partial charge in [0, 0.05) is 37.2 Å². The molecule has 1 spiro atoms. The molecule has 2 saturated heterocycles. The first-order valence-corrected chi connectivity index (χ1v) is 9.67. The molecule has 2 amide bonds. The molecular formula is C18H26N2O2S. The normalized spacial score (nSPS) is 21.4. The molecule has 1 N–H and O–H groups in total. The number of hydrogen-bond donors (Lipinski definition) is 1. The summed E-state index contributed by atoms with van der Waals surface area (Å²) >= 11 is 1.81. The van der Waals surface area contributed by atoms with Gasteiger partial charge in [0.2, 0.25) is 0 Å². The number of carbonyl (C=O) groups excluding carboxylic acids is 1. The summed E-state index contributed by atoms with van der Waals surface area (Å²) in [6.07, 6.45) is 5.37. The molecule has 2 aliphatic heterocycles. The van der Waals surface area contributed by atoms with Gasteiger partial charge in [-0.25, -0.2) is 4.79 Å². The summed E-state index contributed by atoms with van der Waals surface area (Å²) in [6, 6.07) is 8.21. The number of nitrogens with one attached hydrogen (secondary N) is 1. The van der Waals surface area contributed by atoms with Crippen LogP contribution in [0.15, 0.2) is 24.3 Å². The fraction of sp³-hybridized carbons (Fsp3) is 0.611. The SMILES string of the molecule is CS[C@@H](C)c1cccc(NC(=O)N2CCC3(CCOCC3)C2)c1. The average Bonchev–Trinajstić information content (AvgIpc) is 2.98. The Hall–Kier alpha value is -1.20. The van der Waals surface area contributed by atoms with Gasteiger partial charge in [-0.1, -0.05) is 12.1 Å². The van der Waals surface area contributed by atoms with E-state index < -0.39 is 0 Å². The third-order valence-electron chi connectivity index (χ3n) is 5.24. The van der Waals surface area contributed by atoms with E-state index in [-0.39, 0.29) is 6.03 Å². The van der Waals surface area contributed by atoms with E-state index in [2.05, 4.69) is 30.6 Å². The minimum atomic E-state index is 0.0299. The largest absolute Gasteiger partial charge is 0.381 e. The maximum Gasteiger partial charge on any atom is 0.321 e. The van der Waals surface area contributed by atoms with E-state index in [0.717, 1.165) is 51.3 Å². The third-order valence-corrected chi connectivity index (χ3v) is 6.22. The maximum absolute atomic E-state index is 12.6. The van der Waals surface area contributed by atoms with Crippen LogP contribution in [0, 0.1) is 5.41 Å². The van der Waals surface area contributed by atoms with Crippen LogP contribution in [-0.2, 0) is 4.74 Å². The smallest absolute Gasteiger partial charge is 0.321 e. The van der Waals surface area contributed by atoms with Crippen molar-refractivity contribution in [3.05, 3.63) is 29.8 Å². The van der Waals surface area contributed by atoms with Crippen molar-refractivity contribution < 1.29 is 9.53 Å². The summed E-state index contributed by atoms with van der Waals surface area (Å²) < 4.78 is 5.47. The summed E-state index contributed by atoms with van der Waals surface area (Å²) in [7, 11) is 0. The first kappa shape index (κ1) is 16.7. The van der Waals surface area contributed by atoms with E-state index in [0.29, 0.717) is 10.7 Å². The Balaban J connectivity index is 1.61. The van der Waals surface area contributed by atoms with Gasteiger partial charge in [0.05, 0.1) is 0 Å². The fourth-order valence-corrected chi connectivity index (χ4v) is 3.95. The first-order chi connectivity index (χ1) is 11.1. The first-order valence-electron chi connectivity index (χ1n) is 8.38. The second-order valence-corrected chi connectivity index (χ2v) is 7.90. The molecule has 0 bridgehead atoms. The maximum atomic E-state index is 12.6. The highest BCUT2D eigenvalue weighted by Crippen LogP contribution is 2.39. The number of carbonyl (C=O) groups is 1. The molecule has 4 nitrogen and oxygen atoms in total. The quantitative estimate of drug-likeness (QED) is 0.903. The highest BCUT2D eigenvalue weighted by Gasteiger charge is 2.40. The van der Waals surface area contributed by atoms with E-state index in [1.54, 1.807) is 0 Å². The van der Waals surface area contributed by atoms with E-state index in [1.807, 2.05) is 28.8 Å². The summed E-state index contributed by atoms with van der Waals surface area (Å²) in [5.74, 6) is 0. The topological polar surface area (TPSA) is 41.6 Å². The van der Waals surface area contributed by atoms with Crippen LogP contribution >= 0.6 is 11.8 Å². The summed E-state index contributed by atoms with van der Waals surface area (Å²) in [4.78, 5) is 14.5. The molecule has 126 valence electrons. The van der Waals surface area contributed by atoms with E-state index >= 15 is 0 Å². The number of likely N-dealkylation sites (tertiary alicyclic amines) is 1. The van der Waals surface area contributed by atoms with Gasteiger partial charge in [-0.05, 0) is 55.6 Å². The lowest BCUT2D eigenvalue weighted by Gasteiger charge is -2.33. The van der Waals surface area contributed by atoms with Gasteiger partial charge in [-0.15, -0.1) is 0 Å². The lowest BCUT2D eigenvalue weighted by molar-refractivity contribution is 0.0211. The Morgan fingerprint density at radius 2 is 2.13 bits per heavy atom. The molecular weight excluding hydrogens is 308 g/mol. The molecule has 0 aliphatic carbocycles. The van der Waals surface area contributed by atoms with Crippen LogP contribution in [0.1, 0.15) is 37.0 Å². The van der Waals surface area contributed by atoms with Crippen molar-refractivity contribution in [2.75, 3.05) is 37.9 Å². The van der Waals surface area contributed by atoms with Crippen LogP contribution in [0.2, 0.25) is 0 Å². The number of hydrogen-bond acceptors (Lipinski definition) is 3. The van der Waals surface area contributed by atoms with E-state index in [4.69, 9.17) is 4.74 Å². The van der Waals surface area contributed by atoms with Gasteiger partial charge in [0.15, 0.2) is 0 Å². The molecule has 3 rings (SSSR count). The molecule has 5 heteroatoms. The number of rotatable bonds is 3. The molecule has 1 aromatic rings. The highest BCUT2D eigenvalue weighted by atomic mass is 32.2. The minimum Gasteiger partial charge on any atom is -0.381 e. The Morgan fingerprint density at radius 1 is 1.35 bits per heavy atom. The van der Waals surface area contributed by atoms with Crippen molar-refractivity contribution in [3.8, 4) is 0 Å². The van der Waals surface area contributed by atoms with E-state index in [9.17, 15) is 4.79 Å². The number of amides is 2. The molecule has 2 aliphatic rings. The predicted molar refractivity (Wildman–Crippen MR) is 96.1 cm³/mol. The van der Waals surface area contributed by atoms with Crippen molar-refractivity contribution in [1.29, 1.82) is 0 Å². The van der Waals surface area contributed by atoms with E-state index in [1.165, 1.54) is 5.56 Å². The molecule has 1 atom stereocenters. The average molecular weight is 334 g/mol. The molecule has 0 aromatic heterocycles. The lowest BCUT2D eigenvalue weighted by atomic mass is 9.80. The zero-order valence-corrected chi connectivity index (χ0v) is 14.8. The molecule has 2 heterocycles. The molecule has 0 radical (unpaired) electrons. The monoisotopic (exact) mass is 334 g/mol. The van der Waals surface area contributed by atoms with Gasteiger partial charge < -0.3 is 15.0 Å². The Labute approximate surface area is 143 Å². The number of urea groups is 1. The molecule has 23 heavy (non-hydrogen) atoms. The minimum absolute atomic E-state index is 0.0299. The zero-order chi connectivity index (χ0) is 16.3. The summed E-state index contributed by atoms with van der Waals surface area (Å²) in [5.41, 5.74) is 2.43. The third kappa shape index (κ3) is 3.83. The standard InChI is InChI=1S/C18H26N2O2S/c1-14(23-2)15-4-3-5-16(12-15)19-17(21)20-9-6-18(13-20)7-10-22-11-8-18/h3-5,12,14H,6-11,13H2,1-2H3,(H,19,21)/t14-/m0/s1. The van der Waals surface area contributed by atoms with Crippen LogP contribution in [0.4, 0.5) is 10.5 Å². The molecule has 1 aromatic carbocycles. The van der Waals surface area contributed by atoms with Gasteiger partial charge in [0.25, 0.3) is 0 Å². The van der Waals surface area contributed by atoms with Crippen LogP contribution in [0.25, 0.3) is 0 Å². The number of benzene rings is 1. The summed E-state index contributed by atoms with van der Waals surface area (Å²) in [6.45, 7) is 5.57. The Kier molecular flexibility index (Phi) is 5.17. The second-order valence-electron chi connectivity index (χ2n) is 6.72. The zero-order valence-electron chi connectivity index (χ0n) is 14.0. The van der Waals surface area contributed by atoms with Crippen molar-refractivity contribution in [3.63, 3.8) is 0 Å². The van der Waals surface area contributed by atoms with Crippen molar-refractivity contribution in [2.45, 2.75) is 31.4 Å². The lowest BCUT2D eigenvalue weighted by Crippen LogP contribution is -2.37. The number of anilines is 1. The van der Waals surface area contributed by atoms with Crippen LogP contribution in [0.5, 0.6) is 0 Å². The number of nitrogens with zero attached hydrogens (tertiary/aromatic N) is 1. The number of ether oxygens (including phenoxy) is 1. The molecule has 0 unspecified atom stereocenters. The Bertz CT molecular complexity index is 558. The number of thioether (sulfide) groups is 1. The van der Waals surface area contributed by atoms with Gasteiger partial charge in [-0.2, -0.15) is 11.8 Å². The Morgan fingerprint density at radius 3 is 2.87 bits per heavy atom. The van der Waals surface area contributed by atoms with Crippen LogP contribution in [0.3, 0.4) is 0 Å². The molecule has 0 saturated carbocycles. The highest BCUT2D eigenvalue weighted by molar-refractivity contribution is 7.98. The fourth-order valence-electron chi connectivity index (χ4n) is 3.53. The van der Waals surface area contributed by atoms with Crippen molar-refractivity contribution in [1.82, 2.24) is 4.90 Å². The predicted octanol–water partition coefficient (Wildman–Crippen LogP) is 4.15. The van der Waals surface area contributed by atoms with Crippen LogP contribution < -0.4 is 5.32 Å². The molecule has 2 fully saturated rings. The van der Waals surface area contributed by atoms with Gasteiger partial charge >= 0.3 is 6.03 Å². The summed E-state index contributed by atoms with van der Waals surface area (Å²) in [5, 5.41) is 3.51. The van der Waals surface area contributed by atoms with Crippen molar-refractivity contribution in [2.24, 2.45) is 5.41 Å². The van der Waals surface area contributed by atoms with Crippen LogP contribution in [-0.4, -0.2) is 43.5 Å². The van der Waals surface area contributed by atoms with Crippen molar-refractivity contribution >= 4 is 23.5 Å². The second kappa shape index (κ2) is 7.14. The van der Waals surface area contributed by atoms with Gasteiger partial charge in [0.1, 0.15) is 0 Å². The van der Waals surface area contributed by atoms with Gasteiger partial charge in [-0.3, -0.25) is 0 Å².